The maximum Gasteiger partial charge on any atom is 0.273 e. The fraction of sp³-hybridized carbons (Fsp3) is 0.280. The normalized spacial score (nSPS) is 13.6. The molecule has 34 heavy (non-hydrogen) atoms. The van der Waals surface area contributed by atoms with Gasteiger partial charge in [0.1, 0.15) is 17.2 Å². The Labute approximate surface area is 202 Å². The van der Waals surface area contributed by atoms with Crippen molar-refractivity contribution in [3.63, 3.8) is 0 Å². The number of amides is 1. The van der Waals surface area contributed by atoms with E-state index in [1.54, 1.807) is 23.1 Å². The molecule has 0 radical (unpaired) electrons. The van der Waals surface area contributed by atoms with Crippen LogP contribution in [0.4, 0.5) is 23.1 Å². The van der Waals surface area contributed by atoms with Crippen LogP contribution in [0.5, 0.6) is 0 Å². The molecule has 0 unspecified atom stereocenters. The van der Waals surface area contributed by atoms with Crippen molar-refractivity contribution in [3.8, 4) is 10.6 Å². The zero-order valence-corrected chi connectivity index (χ0v) is 20.1. The summed E-state index contributed by atoms with van der Waals surface area (Å²) in [6.07, 6.45) is 3.69. The summed E-state index contributed by atoms with van der Waals surface area (Å²) in [5, 5.41) is 12.7. The number of aryl methyl sites for hydroxylation is 2. The maximum atomic E-state index is 12.8. The van der Waals surface area contributed by atoms with Crippen LogP contribution < -0.4 is 15.5 Å². The summed E-state index contributed by atoms with van der Waals surface area (Å²) in [7, 11) is 1.78. The van der Waals surface area contributed by atoms with Gasteiger partial charge >= 0.3 is 0 Å². The quantitative estimate of drug-likeness (QED) is 0.399. The van der Waals surface area contributed by atoms with Crippen LogP contribution in [0.2, 0.25) is 0 Å². The summed E-state index contributed by atoms with van der Waals surface area (Å²) in [6, 6.07) is 15.3. The van der Waals surface area contributed by atoms with Crippen molar-refractivity contribution < 1.29 is 4.79 Å². The molecule has 174 valence electrons. The first-order valence-corrected chi connectivity index (χ1v) is 12.3. The first-order valence-electron chi connectivity index (χ1n) is 11.4. The van der Waals surface area contributed by atoms with Crippen molar-refractivity contribution in [3.05, 3.63) is 65.3 Å². The van der Waals surface area contributed by atoms with Crippen LogP contribution in [0.1, 0.15) is 35.4 Å². The largest absolute Gasteiger partial charge is 0.356 e. The lowest BCUT2D eigenvalue weighted by Gasteiger charge is -2.28. The second kappa shape index (κ2) is 9.64. The minimum Gasteiger partial charge on any atom is -0.356 e. The SMILES string of the molecule is Cc1cc(N2CCCCC2)nc(Nc2ccc(NC(=O)c3cc(-c4cccs4)nn3C)cc2)n1. The highest BCUT2D eigenvalue weighted by atomic mass is 32.1. The number of carbonyl (C=O) groups is 1. The van der Waals surface area contributed by atoms with Gasteiger partial charge in [-0.05, 0) is 68.0 Å². The van der Waals surface area contributed by atoms with Crippen molar-refractivity contribution in [2.75, 3.05) is 28.6 Å². The maximum absolute atomic E-state index is 12.8. The zero-order valence-electron chi connectivity index (χ0n) is 19.3. The molecule has 1 fully saturated rings. The van der Waals surface area contributed by atoms with Crippen LogP contribution in [-0.4, -0.2) is 38.7 Å². The van der Waals surface area contributed by atoms with E-state index >= 15 is 0 Å². The Morgan fingerprint density at radius 3 is 2.50 bits per heavy atom. The van der Waals surface area contributed by atoms with E-state index < -0.39 is 0 Å². The molecule has 9 heteroatoms. The molecule has 1 aliphatic heterocycles. The Hall–Kier alpha value is -3.72. The number of nitrogens with zero attached hydrogens (tertiary/aromatic N) is 5. The van der Waals surface area contributed by atoms with Gasteiger partial charge in [-0.2, -0.15) is 10.1 Å². The van der Waals surface area contributed by atoms with E-state index in [2.05, 4.69) is 25.6 Å². The second-order valence-electron chi connectivity index (χ2n) is 8.41. The third-order valence-corrected chi connectivity index (χ3v) is 6.70. The van der Waals surface area contributed by atoms with Crippen molar-refractivity contribution in [2.24, 2.45) is 7.05 Å². The molecule has 0 atom stereocenters. The van der Waals surface area contributed by atoms with Gasteiger partial charge in [-0.1, -0.05) is 6.07 Å². The third kappa shape index (κ3) is 4.94. The topological polar surface area (TPSA) is 88.0 Å². The number of benzene rings is 1. The van der Waals surface area contributed by atoms with Crippen LogP contribution in [0.15, 0.2) is 53.9 Å². The molecule has 4 heterocycles. The molecule has 0 spiro atoms. The van der Waals surface area contributed by atoms with Crippen LogP contribution in [0.25, 0.3) is 10.6 Å². The molecule has 3 aromatic heterocycles. The Morgan fingerprint density at radius 2 is 1.76 bits per heavy atom. The number of rotatable bonds is 6. The first-order chi connectivity index (χ1) is 16.5. The second-order valence-corrected chi connectivity index (χ2v) is 9.36. The molecular weight excluding hydrogens is 446 g/mol. The minimum atomic E-state index is -0.202. The van der Waals surface area contributed by atoms with E-state index in [-0.39, 0.29) is 5.91 Å². The van der Waals surface area contributed by atoms with Gasteiger partial charge in [0, 0.05) is 43.3 Å². The van der Waals surface area contributed by atoms with Crippen molar-refractivity contribution in [2.45, 2.75) is 26.2 Å². The average Bonchev–Trinajstić information content (AvgIpc) is 3.50. The number of anilines is 4. The number of piperidine rings is 1. The lowest BCUT2D eigenvalue weighted by Crippen LogP contribution is -2.30. The summed E-state index contributed by atoms with van der Waals surface area (Å²) in [4.78, 5) is 25.4. The summed E-state index contributed by atoms with van der Waals surface area (Å²) in [6.45, 7) is 4.06. The van der Waals surface area contributed by atoms with Crippen LogP contribution in [0.3, 0.4) is 0 Å². The Kier molecular flexibility index (Phi) is 6.27. The van der Waals surface area contributed by atoms with Crippen molar-refractivity contribution in [1.82, 2.24) is 19.7 Å². The standard InChI is InChI=1S/C25H27N7OS/c1-17-15-23(32-12-4-3-5-13-32)29-25(26-17)28-19-10-8-18(9-11-19)27-24(33)21-16-20(30-31(21)2)22-7-6-14-34-22/h6-11,14-16H,3-5,12-13H2,1-2H3,(H,27,33)(H,26,28,29). The molecule has 1 aliphatic rings. The van der Waals surface area contributed by atoms with E-state index in [4.69, 9.17) is 4.98 Å². The highest BCUT2D eigenvalue weighted by Gasteiger charge is 2.16. The molecule has 0 bridgehead atoms. The van der Waals surface area contributed by atoms with Crippen molar-refractivity contribution in [1.29, 1.82) is 0 Å². The zero-order chi connectivity index (χ0) is 23.5. The predicted molar refractivity (Wildman–Crippen MR) is 137 cm³/mol. The van der Waals surface area contributed by atoms with Crippen molar-refractivity contribution >= 4 is 40.4 Å². The highest BCUT2D eigenvalue weighted by Crippen LogP contribution is 2.25. The van der Waals surface area contributed by atoms with Gasteiger partial charge in [-0.25, -0.2) is 4.98 Å². The summed E-state index contributed by atoms with van der Waals surface area (Å²) < 4.78 is 1.61. The van der Waals surface area contributed by atoms with E-state index in [0.29, 0.717) is 17.3 Å². The highest BCUT2D eigenvalue weighted by molar-refractivity contribution is 7.13. The van der Waals surface area contributed by atoms with Crippen LogP contribution in [0, 0.1) is 6.92 Å². The van der Waals surface area contributed by atoms with Crippen LogP contribution in [-0.2, 0) is 7.05 Å². The fourth-order valence-corrected chi connectivity index (χ4v) is 4.76. The van der Waals surface area contributed by atoms with Gasteiger partial charge in [0.25, 0.3) is 5.91 Å². The van der Waals surface area contributed by atoms with Gasteiger partial charge in [0.05, 0.1) is 4.88 Å². The van der Waals surface area contributed by atoms with Gasteiger partial charge in [0.15, 0.2) is 0 Å². The minimum absolute atomic E-state index is 0.202. The molecule has 5 rings (SSSR count). The summed E-state index contributed by atoms with van der Waals surface area (Å²) >= 11 is 1.60. The Bertz CT molecular complexity index is 1280. The number of aromatic nitrogens is 4. The fourth-order valence-electron chi connectivity index (χ4n) is 4.08. The Balaban J connectivity index is 1.26. The molecular formula is C25H27N7OS. The summed E-state index contributed by atoms with van der Waals surface area (Å²) in [5.41, 5.74) is 3.79. The van der Waals surface area contributed by atoms with E-state index in [9.17, 15) is 4.79 Å². The number of nitrogens with one attached hydrogen (secondary N) is 2. The monoisotopic (exact) mass is 473 g/mol. The van der Waals surface area contributed by atoms with Gasteiger partial charge in [0.2, 0.25) is 5.95 Å². The lowest BCUT2D eigenvalue weighted by atomic mass is 10.1. The van der Waals surface area contributed by atoms with Gasteiger partial charge in [-0.15, -0.1) is 11.3 Å². The predicted octanol–water partition coefficient (Wildman–Crippen LogP) is 5.23. The lowest BCUT2D eigenvalue weighted by molar-refractivity contribution is 0.101. The number of hydrogen-bond donors (Lipinski definition) is 2. The molecule has 2 N–H and O–H groups in total. The number of hydrogen-bond acceptors (Lipinski definition) is 7. The first kappa shape index (κ1) is 22.1. The number of thiophene rings is 1. The number of carbonyl (C=O) groups excluding carboxylic acids is 1. The van der Waals surface area contributed by atoms with Gasteiger partial charge in [-0.3, -0.25) is 9.48 Å². The third-order valence-electron chi connectivity index (χ3n) is 5.81. The van der Waals surface area contributed by atoms with E-state index in [1.165, 1.54) is 19.3 Å². The molecule has 4 aromatic rings. The van der Waals surface area contributed by atoms with Crippen LogP contribution >= 0.6 is 11.3 Å². The molecule has 1 saturated heterocycles. The molecule has 1 amide bonds. The Morgan fingerprint density at radius 1 is 1.00 bits per heavy atom. The van der Waals surface area contributed by atoms with E-state index in [1.807, 2.05) is 60.8 Å². The molecule has 1 aromatic carbocycles. The van der Waals surface area contributed by atoms with E-state index in [0.717, 1.165) is 40.9 Å². The van der Waals surface area contributed by atoms with Gasteiger partial charge < -0.3 is 15.5 Å². The summed E-state index contributed by atoms with van der Waals surface area (Å²) in [5.74, 6) is 1.34. The molecule has 0 saturated carbocycles. The smallest absolute Gasteiger partial charge is 0.273 e. The average molecular weight is 474 g/mol. The molecule has 0 aliphatic carbocycles. The molecule has 8 nitrogen and oxygen atoms in total.